The summed E-state index contributed by atoms with van der Waals surface area (Å²) in [6, 6.07) is 0. The van der Waals surface area contributed by atoms with Crippen LogP contribution in [0.25, 0.3) is 0 Å². The summed E-state index contributed by atoms with van der Waals surface area (Å²) in [7, 11) is 0. The largest absolute Gasteiger partial charge is 0.365 e. The van der Waals surface area contributed by atoms with Gasteiger partial charge in [-0.3, -0.25) is 9.59 Å². The fraction of sp³-hybridized carbons (Fsp3) is 0.778. The first kappa shape index (κ1) is 18.8. The van der Waals surface area contributed by atoms with Gasteiger partial charge >= 0.3 is 0 Å². The van der Waals surface area contributed by atoms with Crippen LogP contribution in [0.5, 0.6) is 0 Å². The summed E-state index contributed by atoms with van der Waals surface area (Å²) < 4.78 is 10.8. The van der Waals surface area contributed by atoms with Crippen LogP contribution in [0.4, 0.5) is 0 Å². The zero-order valence-corrected chi connectivity index (χ0v) is 15.5. The molecule has 1 unspecified atom stereocenters. The van der Waals surface area contributed by atoms with Gasteiger partial charge in [0.2, 0.25) is 11.8 Å². The number of amides is 2. The summed E-state index contributed by atoms with van der Waals surface area (Å²) in [6.07, 6.45) is 5.34. The van der Waals surface area contributed by atoms with Crippen LogP contribution in [0.1, 0.15) is 50.7 Å². The van der Waals surface area contributed by atoms with Crippen LogP contribution in [-0.2, 0) is 27.2 Å². The van der Waals surface area contributed by atoms with Gasteiger partial charge in [0.1, 0.15) is 0 Å². The molecule has 8 nitrogen and oxygen atoms in total. The maximum absolute atomic E-state index is 12.7. The van der Waals surface area contributed by atoms with Crippen molar-refractivity contribution < 1.29 is 18.8 Å². The minimum Gasteiger partial charge on any atom is -0.365 e. The number of aromatic nitrogens is 2. The number of aryl methyl sites for hydroxylation is 2. The first-order chi connectivity index (χ1) is 12.7. The molecule has 1 atom stereocenters. The minimum absolute atomic E-state index is 0.00165. The van der Waals surface area contributed by atoms with Crippen molar-refractivity contribution in [3.63, 3.8) is 0 Å². The summed E-state index contributed by atoms with van der Waals surface area (Å²) in [6.45, 7) is 4.80. The molecule has 0 aliphatic carbocycles. The van der Waals surface area contributed by atoms with Crippen LogP contribution in [-0.4, -0.2) is 70.6 Å². The Morgan fingerprint density at radius 3 is 2.58 bits per heavy atom. The molecule has 0 bridgehead atoms. The minimum atomic E-state index is -0.541. The first-order valence-electron chi connectivity index (χ1n) is 9.67. The second-order valence-electron chi connectivity index (χ2n) is 6.90. The Morgan fingerprint density at radius 2 is 1.88 bits per heavy atom. The van der Waals surface area contributed by atoms with E-state index in [-0.39, 0.29) is 11.8 Å². The van der Waals surface area contributed by atoms with E-state index in [0.29, 0.717) is 50.7 Å². The van der Waals surface area contributed by atoms with Crippen molar-refractivity contribution in [3.05, 3.63) is 11.7 Å². The lowest BCUT2D eigenvalue weighted by Crippen LogP contribution is -2.52. The molecule has 0 aromatic carbocycles. The number of carbonyl (C=O) groups excluding carboxylic acids is 2. The second-order valence-corrected chi connectivity index (χ2v) is 6.90. The third-order valence-electron chi connectivity index (χ3n) is 4.99. The monoisotopic (exact) mass is 364 g/mol. The molecule has 2 fully saturated rings. The van der Waals surface area contributed by atoms with Gasteiger partial charge in [-0.2, -0.15) is 4.98 Å². The molecule has 0 radical (unpaired) electrons. The van der Waals surface area contributed by atoms with Crippen LogP contribution in [0, 0.1) is 0 Å². The lowest BCUT2D eigenvalue weighted by atomic mass is 10.2. The molecule has 2 saturated heterocycles. The average Bonchev–Trinajstić information content (AvgIpc) is 2.97. The average molecular weight is 364 g/mol. The Morgan fingerprint density at radius 1 is 1.12 bits per heavy atom. The predicted octanol–water partition coefficient (Wildman–Crippen LogP) is 1.19. The maximum atomic E-state index is 12.7. The molecule has 1 aromatic rings. The van der Waals surface area contributed by atoms with E-state index in [0.717, 1.165) is 25.9 Å². The van der Waals surface area contributed by atoms with Gasteiger partial charge in [-0.25, -0.2) is 0 Å². The number of nitrogens with zero attached hydrogens (tertiary/aromatic N) is 4. The predicted molar refractivity (Wildman–Crippen MR) is 93.4 cm³/mol. The Labute approximate surface area is 153 Å². The third-order valence-corrected chi connectivity index (χ3v) is 4.99. The molecule has 2 amide bonds. The SMILES string of the molecule is CCc1noc(CCC(=O)N2CCOC(C(=O)N3CCCCCC3)C2)n1. The zero-order chi connectivity index (χ0) is 18.4. The molecular weight excluding hydrogens is 336 g/mol. The van der Waals surface area contributed by atoms with E-state index in [2.05, 4.69) is 10.1 Å². The number of carbonyl (C=O) groups is 2. The van der Waals surface area contributed by atoms with Crippen molar-refractivity contribution in [2.75, 3.05) is 32.8 Å². The van der Waals surface area contributed by atoms with Gasteiger partial charge in [-0.1, -0.05) is 24.9 Å². The molecule has 1 aromatic heterocycles. The summed E-state index contributed by atoms with van der Waals surface area (Å²) in [5.74, 6) is 1.16. The quantitative estimate of drug-likeness (QED) is 0.780. The first-order valence-corrected chi connectivity index (χ1v) is 9.67. The maximum Gasteiger partial charge on any atom is 0.253 e. The van der Waals surface area contributed by atoms with E-state index in [9.17, 15) is 9.59 Å². The lowest BCUT2D eigenvalue weighted by Gasteiger charge is -2.34. The van der Waals surface area contributed by atoms with Crippen molar-refractivity contribution in [1.82, 2.24) is 19.9 Å². The number of ether oxygens (including phenoxy) is 1. The van der Waals surface area contributed by atoms with E-state index in [1.807, 2.05) is 11.8 Å². The molecule has 3 rings (SSSR count). The van der Waals surface area contributed by atoms with Crippen LogP contribution < -0.4 is 0 Å². The zero-order valence-electron chi connectivity index (χ0n) is 15.5. The van der Waals surface area contributed by atoms with E-state index in [4.69, 9.17) is 9.26 Å². The molecule has 0 spiro atoms. The Bertz CT molecular complexity index is 610. The van der Waals surface area contributed by atoms with Crippen molar-refractivity contribution in [3.8, 4) is 0 Å². The Balaban J connectivity index is 1.50. The highest BCUT2D eigenvalue weighted by molar-refractivity contribution is 5.83. The smallest absolute Gasteiger partial charge is 0.253 e. The molecule has 2 aliphatic heterocycles. The molecule has 2 aliphatic rings. The van der Waals surface area contributed by atoms with E-state index in [1.54, 1.807) is 4.90 Å². The highest BCUT2D eigenvalue weighted by Gasteiger charge is 2.32. The third kappa shape index (κ3) is 4.81. The normalized spacial score (nSPS) is 21.5. The molecule has 144 valence electrons. The summed E-state index contributed by atoms with van der Waals surface area (Å²) in [5.41, 5.74) is 0. The summed E-state index contributed by atoms with van der Waals surface area (Å²) in [4.78, 5) is 33.1. The van der Waals surface area contributed by atoms with E-state index >= 15 is 0 Å². The van der Waals surface area contributed by atoms with Crippen molar-refractivity contribution >= 4 is 11.8 Å². The van der Waals surface area contributed by atoms with Gasteiger partial charge in [0.15, 0.2) is 11.9 Å². The summed E-state index contributed by atoms with van der Waals surface area (Å²) in [5, 5.41) is 3.84. The molecule has 0 saturated carbocycles. The van der Waals surface area contributed by atoms with E-state index < -0.39 is 6.10 Å². The fourth-order valence-corrected chi connectivity index (χ4v) is 3.43. The van der Waals surface area contributed by atoms with Crippen molar-refractivity contribution in [2.24, 2.45) is 0 Å². The molecular formula is C18H28N4O4. The Hall–Kier alpha value is -1.96. The van der Waals surface area contributed by atoms with Gasteiger partial charge in [-0.15, -0.1) is 0 Å². The van der Waals surface area contributed by atoms with E-state index in [1.165, 1.54) is 12.8 Å². The highest BCUT2D eigenvalue weighted by Crippen LogP contribution is 2.15. The van der Waals surface area contributed by atoms with Gasteiger partial charge in [-0.05, 0) is 12.8 Å². The second kappa shape index (κ2) is 9.12. The van der Waals surface area contributed by atoms with Crippen molar-refractivity contribution in [1.29, 1.82) is 0 Å². The van der Waals surface area contributed by atoms with Gasteiger partial charge in [0.25, 0.3) is 5.91 Å². The fourth-order valence-electron chi connectivity index (χ4n) is 3.43. The molecule has 0 N–H and O–H groups in total. The molecule has 3 heterocycles. The standard InChI is InChI=1S/C18H28N4O4/c1-2-15-19-16(26-20-15)7-8-17(23)22-11-12-25-14(13-22)18(24)21-9-5-3-4-6-10-21/h14H,2-13H2,1H3. The lowest BCUT2D eigenvalue weighted by molar-refractivity contribution is -0.154. The van der Waals surface area contributed by atoms with Crippen LogP contribution >= 0.6 is 0 Å². The number of hydrogen-bond donors (Lipinski definition) is 0. The number of morpholine rings is 1. The number of hydrogen-bond acceptors (Lipinski definition) is 6. The number of likely N-dealkylation sites (tertiary alicyclic amines) is 1. The van der Waals surface area contributed by atoms with Crippen molar-refractivity contribution in [2.45, 2.75) is 58.0 Å². The summed E-state index contributed by atoms with van der Waals surface area (Å²) >= 11 is 0. The van der Waals surface area contributed by atoms with Crippen LogP contribution in [0.15, 0.2) is 4.52 Å². The Kier molecular flexibility index (Phi) is 6.60. The van der Waals surface area contributed by atoms with Gasteiger partial charge in [0, 0.05) is 38.9 Å². The van der Waals surface area contributed by atoms with Crippen LogP contribution in [0.3, 0.4) is 0 Å². The van der Waals surface area contributed by atoms with Gasteiger partial charge in [0.05, 0.1) is 13.2 Å². The topological polar surface area (TPSA) is 88.8 Å². The number of rotatable bonds is 5. The van der Waals surface area contributed by atoms with Crippen LogP contribution in [0.2, 0.25) is 0 Å². The van der Waals surface area contributed by atoms with Gasteiger partial charge < -0.3 is 19.1 Å². The molecule has 26 heavy (non-hydrogen) atoms. The molecule has 8 heteroatoms. The highest BCUT2D eigenvalue weighted by atomic mass is 16.5.